The summed E-state index contributed by atoms with van der Waals surface area (Å²) in [4.78, 5) is 15.1. The number of rotatable bonds is 2. The maximum atomic E-state index is 11.5. The van der Waals surface area contributed by atoms with Crippen molar-refractivity contribution in [3.8, 4) is 0 Å². The molecule has 0 atom stereocenters. The lowest BCUT2D eigenvalue weighted by molar-refractivity contribution is 0.100. The number of sulfone groups is 1. The Morgan fingerprint density at radius 2 is 1.88 bits per heavy atom. The molecule has 7 heteroatoms. The zero-order valence-electron chi connectivity index (χ0n) is 9.47. The summed E-state index contributed by atoms with van der Waals surface area (Å²) in [6, 6.07) is 4.14. The molecule has 92 valence electrons. The van der Waals surface area contributed by atoms with E-state index < -0.39 is 15.7 Å². The molecule has 0 spiro atoms. The molecule has 0 saturated heterocycles. The van der Waals surface area contributed by atoms with E-state index in [-0.39, 0.29) is 16.4 Å². The molecule has 17 heavy (non-hydrogen) atoms. The van der Waals surface area contributed by atoms with Crippen molar-refractivity contribution in [1.29, 1.82) is 0 Å². The predicted octanol–water partition coefficient (Wildman–Crippen LogP) is -0.188. The third kappa shape index (κ3) is 3.28. The third-order valence-corrected chi connectivity index (χ3v) is 3.20. The number of hydrogen-bond donors (Lipinski definition) is 2. The first kappa shape index (κ1) is 13.2. The van der Waals surface area contributed by atoms with Crippen LogP contribution >= 0.6 is 0 Å². The minimum absolute atomic E-state index is 0.149. The first-order valence-electron chi connectivity index (χ1n) is 4.66. The van der Waals surface area contributed by atoms with E-state index >= 15 is 0 Å². The minimum atomic E-state index is -3.29. The number of nitrogens with two attached hydrogens (primary N) is 2. The van der Waals surface area contributed by atoms with Crippen molar-refractivity contribution in [2.45, 2.75) is 11.8 Å². The van der Waals surface area contributed by atoms with Gasteiger partial charge in [0, 0.05) is 11.8 Å². The number of carbonyl (C=O) groups excluding carboxylic acids is 1. The van der Waals surface area contributed by atoms with Crippen molar-refractivity contribution in [2.75, 3.05) is 6.26 Å². The van der Waals surface area contributed by atoms with E-state index in [4.69, 9.17) is 11.5 Å². The van der Waals surface area contributed by atoms with Gasteiger partial charge in [-0.05, 0) is 30.7 Å². The fourth-order valence-corrected chi connectivity index (χ4v) is 1.99. The van der Waals surface area contributed by atoms with E-state index in [1.807, 2.05) is 0 Å². The number of carbonyl (C=O) groups is 1. The second-order valence-corrected chi connectivity index (χ2v) is 5.61. The predicted molar refractivity (Wildman–Crippen MR) is 64.4 cm³/mol. The van der Waals surface area contributed by atoms with Gasteiger partial charge >= 0.3 is 0 Å². The van der Waals surface area contributed by atoms with Crippen molar-refractivity contribution in [3.05, 3.63) is 29.3 Å². The highest BCUT2D eigenvalue weighted by molar-refractivity contribution is 7.90. The molecule has 1 rings (SSSR count). The molecule has 6 nitrogen and oxygen atoms in total. The highest BCUT2D eigenvalue weighted by atomic mass is 32.2. The average Bonchev–Trinajstić information content (AvgIpc) is 2.14. The van der Waals surface area contributed by atoms with Crippen LogP contribution in [0.25, 0.3) is 0 Å². The summed E-state index contributed by atoms with van der Waals surface area (Å²) in [6.07, 6.45) is 1.10. The maximum absolute atomic E-state index is 11.5. The van der Waals surface area contributed by atoms with Gasteiger partial charge in [0.1, 0.15) is 0 Å². The molecule has 0 radical (unpaired) electrons. The topological polar surface area (TPSA) is 116 Å². The van der Waals surface area contributed by atoms with Crippen LogP contribution in [0.2, 0.25) is 0 Å². The van der Waals surface area contributed by atoms with E-state index in [2.05, 4.69) is 4.99 Å². The van der Waals surface area contributed by atoms with Gasteiger partial charge in [-0.1, -0.05) is 0 Å². The molecule has 1 aromatic carbocycles. The summed E-state index contributed by atoms with van der Waals surface area (Å²) in [5, 5.41) is 0. The van der Waals surface area contributed by atoms with Gasteiger partial charge in [0.2, 0.25) is 0 Å². The number of aryl methyl sites for hydroxylation is 1. The fourth-order valence-electron chi connectivity index (χ4n) is 1.28. The van der Waals surface area contributed by atoms with Gasteiger partial charge in [0.15, 0.2) is 15.8 Å². The Morgan fingerprint density at radius 1 is 1.29 bits per heavy atom. The monoisotopic (exact) mass is 255 g/mol. The first-order chi connectivity index (χ1) is 7.71. The number of hydrogen-bond acceptors (Lipinski definition) is 3. The molecular formula is C10H13N3O3S. The Balaban J connectivity index is 3.24. The number of guanidine groups is 1. The Labute approximate surface area is 99.3 Å². The summed E-state index contributed by atoms with van der Waals surface area (Å²) in [5.74, 6) is -0.927. The average molecular weight is 255 g/mol. The molecule has 4 N–H and O–H groups in total. The van der Waals surface area contributed by atoms with E-state index in [1.54, 1.807) is 6.92 Å². The molecule has 0 saturated carbocycles. The zero-order chi connectivity index (χ0) is 13.2. The minimum Gasteiger partial charge on any atom is -0.370 e. The van der Waals surface area contributed by atoms with E-state index in [0.29, 0.717) is 5.56 Å². The van der Waals surface area contributed by atoms with Crippen LogP contribution in [0.5, 0.6) is 0 Å². The maximum Gasteiger partial charge on any atom is 0.280 e. The number of nitrogens with zero attached hydrogens (tertiary/aromatic N) is 1. The Kier molecular flexibility index (Phi) is 3.52. The molecule has 0 aliphatic rings. The lowest BCUT2D eigenvalue weighted by atomic mass is 10.1. The van der Waals surface area contributed by atoms with Gasteiger partial charge < -0.3 is 11.5 Å². The highest BCUT2D eigenvalue weighted by Crippen LogP contribution is 2.16. The van der Waals surface area contributed by atoms with Crippen molar-refractivity contribution in [3.63, 3.8) is 0 Å². The van der Waals surface area contributed by atoms with Crippen LogP contribution in [0.15, 0.2) is 28.1 Å². The fraction of sp³-hybridized carbons (Fsp3) is 0.200. The molecule has 0 fully saturated rings. The largest absolute Gasteiger partial charge is 0.370 e. The summed E-state index contributed by atoms with van der Waals surface area (Å²) < 4.78 is 22.6. The SMILES string of the molecule is Cc1cc(S(C)(=O)=O)ccc1C(=O)N=C(N)N. The van der Waals surface area contributed by atoms with E-state index in [9.17, 15) is 13.2 Å². The molecule has 0 bridgehead atoms. The van der Waals surface area contributed by atoms with Crippen LogP contribution in [-0.2, 0) is 9.84 Å². The number of amides is 1. The molecule has 0 heterocycles. The van der Waals surface area contributed by atoms with Crippen LogP contribution in [-0.4, -0.2) is 26.5 Å². The van der Waals surface area contributed by atoms with E-state index in [0.717, 1.165) is 6.26 Å². The van der Waals surface area contributed by atoms with Gasteiger partial charge in [-0.25, -0.2) is 8.42 Å². The lowest BCUT2D eigenvalue weighted by Gasteiger charge is -2.04. The van der Waals surface area contributed by atoms with Gasteiger partial charge in [0.25, 0.3) is 5.91 Å². The molecule has 0 aliphatic heterocycles. The van der Waals surface area contributed by atoms with Crippen molar-refractivity contribution in [2.24, 2.45) is 16.5 Å². The van der Waals surface area contributed by atoms with Crippen LogP contribution < -0.4 is 11.5 Å². The molecule has 0 aliphatic carbocycles. The molecule has 0 unspecified atom stereocenters. The Morgan fingerprint density at radius 3 is 2.29 bits per heavy atom. The van der Waals surface area contributed by atoms with Crippen LogP contribution in [0.1, 0.15) is 15.9 Å². The van der Waals surface area contributed by atoms with Crippen molar-refractivity contribution < 1.29 is 13.2 Å². The molecule has 1 amide bonds. The zero-order valence-corrected chi connectivity index (χ0v) is 10.3. The summed E-state index contributed by atoms with van der Waals surface area (Å²) >= 11 is 0. The normalized spacial score (nSPS) is 10.9. The number of aliphatic imine (C=N–C) groups is 1. The molecule has 0 aromatic heterocycles. The van der Waals surface area contributed by atoms with E-state index in [1.165, 1.54) is 18.2 Å². The van der Waals surface area contributed by atoms with Gasteiger partial charge in [-0.2, -0.15) is 4.99 Å². The first-order valence-corrected chi connectivity index (χ1v) is 6.55. The van der Waals surface area contributed by atoms with Gasteiger partial charge in [0.05, 0.1) is 4.90 Å². The van der Waals surface area contributed by atoms with Gasteiger partial charge in [-0.15, -0.1) is 0 Å². The van der Waals surface area contributed by atoms with Crippen LogP contribution in [0, 0.1) is 6.92 Å². The highest BCUT2D eigenvalue weighted by Gasteiger charge is 2.12. The summed E-state index contributed by atoms with van der Waals surface area (Å²) in [5.41, 5.74) is 11.0. The number of benzene rings is 1. The quantitative estimate of drug-likeness (QED) is 0.561. The smallest absolute Gasteiger partial charge is 0.280 e. The molecular weight excluding hydrogens is 242 g/mol. The second kappa shape index (κ2) is 4.54. The lowest BCUT2D eigenvalue weighted by Crippen LogP contribution is -2.24. The Hall–Kier alpha value is -1.89. The second-order valence-electron chi connectivity index (χ2n) is 3.59. The van der Waals surface area contributed by atoms with Crippen molar-refractivity contribution in [1.82, 2.24) is 0 Å². The summed E-state index contributed by atoms with van der Waals surface area (Å²) in [6.45, 7) is 1.62. The van der Waals surface area contributed by atoms with Crippen LogP contribution in [0.4, 0.5) is 0 Å². The Bertz CT molecular complexity index is 587. The van der Waals surface area contributed by atoms with Crippen LogP contribution in [0.3, 0.4) is 0 Å². The molecule has 1 aromatic rings. The standard InChI is InChI=1S/C10H13N3O3S/c1-6-5-7(17(2,15)16)3-4-8(6)9(14)13-10(11)12/h3-5H,1-2H3,(H4,11,12,13,14). The van der Waals surface area contributed by atoms with Crippen molar-refractivity contribution >= 4 is 21.7 Å². The summed E-state index contributed by atoms with van der Waals surface area (Å²) in [7, 11) is -3.29. The van der Waals surface area contributed by atoms with Gasteiger partial charge in [-0.3, -0.25) is 4.79 Å². The third-order valence-electron chi connectivity index (χ3n) is 2.09.